The molecule has 2 aromatic rings. The molecule has 6 heteroatoms. The molecule has 15 heavy (non-hydrogen) atoms. The maximum Gasteiger partial charge on any atom is 0.413 e. The van der Waals surface area contributed by atoms with Gasteiger partial charge in [0.25, 0.3) is 0 Å². The minimum absolute atomic E-state index is 0.498. The van der Waals surface area contributed by atoms with Crippen molar-refractivity contribution in [2.24, 2.45) is 0 Å². The minimum Gasteiger partial charge on any atom is -0.453 e. The highest BCUT2D eigenvalue weighted by Crippen LogP contribution is 2.28. The average Bonchev–Trinajstić information content (AvgIpc) is 2.85. The van der Waals surface area contributed by atoms with Gasteiger partial charge in [-0.3, -0.25) is 5.32 Å². The van der Waals surface area contributed by atoms with E-state index in [2.05, 4.69) is 15.0 Å². The van der Waals surface area contributed by atoms with Gasteiger partial charge in [-0.05, 0) is 11.4 Å². The molecule has 2 heterocycles. The van der Waals surface area contributed by atoms with Crippen LogP contribution < -0.4 is 5.32 Å². The number of nitrogens with one attached hydrogen (secondary N) is 1. The van der Waals surface area contributed by atoms with Crippen LogP contribution in [0.3, 0.4) is 0 Å². The number of thiophene rings is 1. The van der Waals surface area contributed by atoms with Gasteiger partial charge in [-0.1, -0.05) is 6.07 Å². The Morgan fingerprint density at radius 1 is 1.53 bits per heavy atom. The summed E-state index contributed by atoms with van der Waals surface area (Å²) in [6.07, 6.45) is -0.498. The van der Waals surface area contributed by atoms with Crippen LogP contribution in [0.2, 0.25) is 0 Å². The van der Waals surface area contributed by atoms with Crippen molar-refractivity contribution in [3.63, 3.8) is 0 Å². The van der Waals surface area contributed by atoms with E-state index in [-0.39, 0.29) is 0 Å². The third-order valence-electron chi connectivity index (χ3n) is 1.67. The summed E-state index contributed by atoms with van der Waals surface area (Å²) in [6, 6.07) is 3.95. The normalized spacial score (nSPS) is 9.93. The fourth-order valence-corrected chi connectivity index (χ4v) is 2.46. The zero-order valence-corrected chi connectivity index (χ0v) is 9.52. The molecule has 0 aliphatic rings. The van der Waals surface area contributed by atoms with Crippen molar-refractivity contribution in [1.29, 1.82) is 0 Å². The second-order valence-electron chi connectivity index (χ2n) is 2.63. The second kappa shape index (κ2) is 4.41. The molecule has 0 fully saturated rings. The fourth-order valence-electron chi connectivity index (χ4n) is 1.01. The number of thiazole rings is 1. The van der Waals surface area contributed by atoms with Gasteiger partial charge >= 0.3 is 6.09 Å². The molecule has 1 N–H and O–H groups in total. The van der Waals surface area contributed by atoms with Crippen molar-refractivity contribution < 1.29 is 9.53 Å². The number of carbonyl (C=O) groups is 1. The molecule has 78 valence electrons. The topological polar surface area (TPSA) is 51.2 Å². The quantitative estimate of drug-likeness (QED) is 0.877. The lowest BCUT2D eigenvalue weighted by Crippen LogP contribution is -2.10. The third kappa shape index (κ3) is 2.34. The van der Waals surface area contributed by atoms with Gasteiger partial charge in [0.1, 0.15) is 0 Å². The van der Waals surface area contributed by atoms with Gasteiger partial charge in [-0.2, -0.15) is 0 Å². The largest absolute Gasteiger partial charge is 0.453 e. The van der Waals surface area contributed by atoms with E-state index < -0.39 is 6.09 Å². The predicted octanol–water partition coefficient (Wildman–Crippen LogP) is 3.05. The first-order valence-electron chi connectivity index (χ1n) is 4.14. The number of anilines is 1. The maximum atomic E-state index is 10.9. The summed E-state index contributed by atoms with van der Waals surface area (Å²) in [5.74, 6) is 0. The highest BCUT2D eigenvalue weighted by molar-refractivity contribution is 7.16. The van der Waals surface area contributed by atoms with Crippen LogP contribution in [0.25, 0.3) is 10.6 Å². The van der Waals surface area contributed by atoms with E-state index in [1.54, 1.807) is 11.3 Å². The van der Waals surface area contributed by atoms with Crippen LogP contribution in [0.4, 0.5) is 9.93 Å². The van der Waals surface area contributed by atoms with E-state index in [1.165, 1.54) is 18.4 Å². The Balaban J connectivity index is 2.14. The monoisotopic (exact) mass is 240 g/mol. The molecule has 0 atom stereocenters. The lowest BCUT2D eigenvalue weighted by Gasteiger charge is -1.96. The van der Waals surface area contributed by atoms with Crippen LogP contribution in [-0.4, -0.2) is 18.2 Å². The van der Waals surface area contributed by atoms with Crippen molar-refractivity contribution in [3.05, 3.63) is 22.9 Å². The number of methoxy groups -OCH3 is 1. The van der Waals surface area contributed by atoms with E-state index in [0.717, 1.165) is 10.6 Å². The first-order valence-corrected chi connectivity index (χ1v) is 5.90. The smallest absolute Gasteiger partial charge is 0.413 e. The summed E-state index contributed by atoms with van der Waals surface area (Å²) in [5.41, 5.74) is 0.876. The minimum atomic E-state index is -0.498. The van der Waals surface area contributed by atoms with Gasteiger partial charge in [0.15, 0.2) is 5.13 Å². The predicted molar refractivity (Wildman–Crippen MR) is 61.5 cm³/mol. The SMILES string of the molecule is COC(=O)Nc1nc(-c2cccs2)cs1. The Morgan fingerprint density at radius 3 is 3.07 bits per heavy atom. The van der Waals surface area contributed by atoms with E-state index in [4.69, 9.17) is 0 Å². The maximum absolute atomic E-state index is 10.9. The number of carbonyl (C=O) groups excluding carboxylic acids is 1. The Morgan fingerprint density at radius 2 is 2.40 bits per heavy atom. The van der Waals surface area contributed by atoms with Crippen molar-refractivity contribution in [3.8, 4) is 10.6 Å². The van der Waals surface area contributed by atoms with Gasteiger partial charge in [-0.15, -0.1) is 22.7 Å². The molecule has 4 nitrogen and oxygen atoms in total. The lowest BCUT2D eigenvalue weighted by molar-refractivity contribution is 0.187. The van der Waals surface area contributed by atoms with E-state index in [1.807, 2.05) is 22.9 Å². The zero-order valence-electron chi connectivity index (χ0n) is 7.89. The van der Waals surface area contributed by atoms with Gasteiger partial charge in [0.05, 0.1) is 17.7 Å². The van der Waals surface area contributed by atoms with Crippen LogP contribution in [-0.2, 0) is 4.74 Å². The summed E-state index contributed by atoms with van der Waals surface area (Å²) in [4.78, 5) is 16.3. The van der Waals surface area contributed by atoms with Gasteiger partial charge in [-0.25, -0.2) is 9.78 Å². The summed E-state index contributed by atoms with van der Waals surface area (Å²) < 4.78 is 4.47. The molecule has 0 saturated heterocycles. The van der Waals surface area contributed by atoms with Crippen LogP contribution in [0.15, 0.2) is 22.9 Å². The molecule has 0 aromatic carbocycles. The van der Waals surface area contributed by atoms with Crippen LogP contribution in [0.5, 0.6) is 0 Å². The second-order valence-corrected chi connectivity index (χ2v) is 4.44. The van der Waals surface area contributed by atoms with E-state index >= 15 is 0 Å². The molecule has 2 aromatic heterocycles. The van der Waals surface area contributed by atoms with E-state index in [0.29, 0.717) is 5.13 Å². The van der Waals surface area contributed by atoms with Crippen LogP contribution in [0, 0.1) is 0 Å². The zero-order chi connectivity index (χ0) is 10.7. The molecular weight excluding hydrogens is 232 g/mol. The van der Waals surface area contributed by atoms with Gasteiger partial charge in [0, 0.05) is 5.38 Å². The molecule has 2 rings (SSSR count). The summed E-state index contributed by atoms with van der Waals surface area (Å²) >= 11 is 2.99. The number of rotatable bonds is 2. The number of hydrogen-bond acceptors (Lipinski definition) is 5. The van der Waals surface area contributed by atoms with Crippen LogP contribution in [0.1, 0.15) is 0 Å². The summed E-state index contributed by atoms with van der Waals surface area (Å²) in [5, 5.41) is 6.96. The number of aromatic nitrogens is 1. The number of amides is 1. The number of nitrogens with zero attached hydrogens (tertiary/aromatic N) is 1. The molecule has 0 aliphatic heterocycles. The molecule has 1 amide bonds. The molecule has 0 aliphatic carbocycles. The fraction of sp³-hybridized carbons (Fsp3) is 0.111. The summed E-state index contributed by atoms with van der Waals surface area (Å²) in [7, 11) is 1.32. The van der Waals surface area contributed by atoms with Gasteiger partial charge < -0.3 is 4.74 Å². The number of hydrogen-bond donors (Lipinski definition) is 1. The first-order chi connectivity index (χ1) is 7.29. The van der Waals surface area contributed by atoms with Crippen molar-refractivity contribution in [1.82, 2.24) is 4.98 Å². The highest BCUT2D eigenvalue weighted by Gasteiger charge is 2.07. The third-order valence-corrected chi connectivity index (χ3v) is 3.32. The molecule has 0 saturated carbocycles. The summed E-state index contributed by atoms with van der Waals surface area (Å²) in [6.45, 7) is 0. The Hall–Kier alpha value is -1.40. The Bertz CT molecular complexity index is 450. The highest BCUT2D eigenvalue weighted by atomic mass is 32.1. The van der Waals surface area contributed by atoms with Crippen molar-refractivity contribution in [2.45, 2.75) is 0 Å². The molecule has 0 spiro atoms. The van der Waals surface area contributed by atoms with E-state index in [9.17, 15) is 4.79 Å². The molecule has 0 unspecified atom stereocenters. The standard InChI is InChI=1S/C9H8N2O2S2/c1-13-9(12)11-8-10-6(5-15-8)7-3-2-4-14-7/h2-5H,1H3,(H,10,11,12). The van der Waals surface area contributed by atoms with Crippen molar-refractivity contribution in [2.75, 3.05) is 12.4 Å². The number of ether oxygens (including phenoxy) is 1. The molecule has 0 radical (unpaired) electrons. The van der Waals surface area contributed by atoms with Crippen LogP contribution >= 0.6 is 22.7 Å². The lowest BCUT2D eigenvalue weighted by atomic mass is 10.4. The van der Waals surface area contributed by atoms with Crippen molar-refractivity contribution >= 4 is 33.9 Å². The Labute approximate surface area is 94.5 Å². The molecular formula is C9H8N2O2S2. The molecule has 0 bridgehead atoms. The van der Waals surface area contributed by atoms with Gasteiger partial charge in [0.2, 0.25) is 0 Å². The Kier molecular flexibility index (Phi) is 2.98. The average molecular weight is 240 g/mol. The first kappa shape index (κ1) is 10.1.